The second-order valence-corrected chi connectivity index (χ2v) is 4.44. The maximum absolute atomic E-state index is 12.4. The van der Waals surface area contributed by atoms with E-state index in [-0.39, 0.29) is 6.61 Å². The Bertz CT molecular complexity index is 559. The summed E-state index contributed by atoms with van der Waals surface area (Å²) < 4.78 is 43.0. The van der Waals surface area contributed by atoms with E-state index in [4.69, 9.17) is 4.74 Å². The fourth-order valence-electron chi connectivity index (χ4n) is 1.89. The molecular formula is C16H15F3O. The zero-order valence-corrected chi connectivity index (χ0v) is 11.1. The Labute approximate surface area is 116 Å². The van der Waals surface area contributed by atoms with Crippen LogP contribution in [-0.2, 0) is 19.2 Å². The summed E-state index contributed by atoms with van der Waals surface area (Å²) in [7, 11) is 0. The third-order valence-electron chi connectivity index (χ3n) is 3.03. The van der Waals surface area contributed by atoms with Crippen LogP contribution >= 0.6 is 0 Å². The van der Waals surface area contributed by atoms with Crippen molar-refractivity contribution in [3.05, 3.63) is 65.2 Å². The molecular weight excluding hydrogens is 265 g/mol. The molecule has 0 N–H and O–H groups in total. The van der Waals surface area contributed by atoms with E-state index in [0.29, 0.717) is 5.56 Å². The molecule has 1 nitrogen and oxygen atoms in total. The Morgan fingerprint density at radius 1 is 0.950 bits per heavy atom. The van der Waals surface area contributed by atoms with E-state index in [2.05, 4.69) is 0 Å². The van der Waals surface area contributed by atoms with E-state index in [1.165, 1.54) is 12.1 Å². The predicted molar refractivity (Wildman–Crippen MR) is 71.6 cm³/mol. The highest BCUT2D eigenvalue weighted by Gasteiger charge is 2.29. The summed E-state index contributed by atoms with van der Waals surface area (Å²) in [5.41, 5.74) is 1.15. The van der Waals surface area contributed by atoms with Crippen molar-refractivity contribution in [2.75, 3.05) is 0 Å². The monoisotopic (exact) mass is 280 g/mol. The maximum Gasteiger partial charge on any atom is 0.416 e. The van der Waals surface area contributed by atoms with Crippen molar-refractivity contribution >= 4 is 0 Å². The van der Waals surface area contributed by atoms with Crippen LogP contribution in [0.3, 0.4) is 0 Å². The normalized spacial score (nSPS) is 11.4. The predicted octanol–water partition coefficient (Wildman–Crippen LogP) is 4.85. The van der Waals surface area contributed by atoms with Gasteiger partial charge in [-0.05, 0) is 35.7 Å². The molecule has 0 aliphatic rings. The van der Waals surface area contributed by atoms with Crippen LogP contribution < -0.4 is 4.74 Å². The third-order valence-corrected chi connectivity index (χ3v) is 3.03. The highest BCUT2D eigenvalue weighted by atomic mass is 19.4. The van der Waals surface area contributed by atoms with Crippen LogP contribution in [0.15, 0.2) is 48.5 Å². The lowest BCUT2D eigenvalue weighted by Gasteiger charge is -2.11. The van der Waals surface area contributed by atoms with Crippen LogP contribution in [-0.4, -0.2) is 0 Å². The molecule has 0 amide bonds. The minimum atomic E-state index is -4.30. The zero-order valence-electron chi connectivity index (χ0n) is 11.1. The molecule has 20 heavy (non-hydrogen) atoms. The van der Waals surface area contributed by atoms with E-state index in [0.717, 1.165) is 29.9 Å². The van der Waals surface area contributed by atoms with Gasteiger partial charge < -0.3 is 4.74 Å². The van der Waals surface area contributed by atoms with Gasteiger partial charge >= 0.3 is 6.18 Å². The number of halogens is 3. The minimum absolute atomic E-state index is 0.259. The Hall–Kier alpha value is -1.97. The molecule has 2 aromatic carbocycles. The molecule has 0 heterocycles. The third kappa shape index (κ3) is 3.53. The van der Waals surface area contributed by atoms with Gasteiger partial charge in [0.1, 0.15) is 12.4 Å². The number of benzene rings is 2. The van der Waals surface area contributed by atoms with Crippen LogP contribution in [0.2, 0.25) is 0 Å². The van der Waals surface area contributed by atoms with Gasteiger partial charge in [0.15, 0.2) is 0 Å². The number of aryl methyl sites for hydroxylation is 1. The van der Waals surface area contributed by atoms with Gasteiger partial charge in [0.25, 0.3) is 0 Å². The molecule has 0 bridgehead atoms. The molecule has 2 aromatic rings. The largest absolute Gasteiger partial charge is 0.489 e. The quantitative estimate of drug-likeness (QED) is 0.778. The number of ether oxygens (including phenoxy) is 1. The average molecular weight is 280 g/mol. The summed E-state index contributed by atoms with van der Waals surface area (Å²) >= 11 is 0. The smallest absolute Gasteiger partial charge is 0.416 e. The minimum Gasteiger partial charge on any atom is -0.489 e. The van der Waals surface area contributed by atoms with Gasteiger partial charge in [-0.25, -0.2) is 0 Å². The molecule has 0 atom stereocenters. The first kappa shape index (κ1) is 14.4. The Morgan fingerprint density at radius 3 is 2.20 bits per heavy atom. The van der Waals surface area contributed by atoms with Crippen LogP contribution in [0.5, 0.6) is 5.75 Å². The van der Waals surface area contributed by atoms with Gasteiger partial charge in [-0.15, -0.1) is 0 Å². The Kier molecular flexibility index (Phi) is 4.32. The summed E-state index contributed by atoms with van der Waals surface area (Å²) in [4.78, 5) is 0. The van der Waals surface area contributed by atoms with E-state index in [9.17, 15) is 13.2 Å². The second kappa shape index (κ2) is 5.99. The SMILES string of the molecule is CCc1ccccc1OCc1ccc(C(F)(F)F)cc1. The van der Waals surface area contributed by atoms with Gasteiger partial charge in [-0.1, -0.05) is 37.3 Å². The number of para-hydroxylation sites is 1. The first-order chi connectivity index (χ1) is 9.50. The Morgan fingerprint density at radius 2 is 1.60 bits per heavy atom. The lowest BCUT2D eigenvalue weighted by Crippen LogP contribution is -2.05. The highest BCUT2D eigenvalue weighted by Crippen LogP contribution is 2.29. The highest BCUT2D eigenvalue weighted by molar-refractivity contribution is 5.33. The van der Waals surface area contributed by atoms with Crippen molar-refractivity contribution in [2.24, 2.45) is 0 Å². The number of alkyl halides is 3. The topological polar surface area (TPSA) is 9.23 Å². The number of rotatable bonds is 4. The molecule has 0 radical (unpaired) electrons. The van der Waals surface area contributed by atoms with Crippen molar-refractivity contribution in [2.45, 2.75) is 26.1 Å². The van der Waals surface area contributed by atoms with Gasteiger partial charge in [0, 0.05) is 0 Å². The number of hydrogen-bond acceptors (Lipinski definition) is 1. The molecule has 0 aliphatic heterocycles. The molecule has 0 aliphatic carbocycles. The molecule has 0 saturated heterocycles. The summed E-state index contributed by atoms with van der Waals surface area (Å²) in [5, 5.41) is 0. The van der Waals surface area contributed by atoms with E-state index >= 15 is 0 Å². The van der Waals surface area contributed by atoms with Crippen LogP contribution in [0.25, 0.3) is 0 Å². The second-order valence-electron chi connectivity index (χ2n) is 4.44. The molecule has 0 spiro atoms. The number of hydrogen-bond donors (Lipinski definition) is 0. The first-order valence-corrected chi connectivity index (χ1v) is 6.37. The summed E-state index contributed by atoms with van der Waals surface area (Å²) in [6.45, 7) is 2.29. The van der Waals surface area contributed by atoms with Gasteiger partial charge in [-0.3, -0.25) is 0 Å². The van der Waals surface area contributed by atoms with Crippen molar-refractivity contribution in [1.82, 2.24) is 0 Å². The van der Waals surface area contributed by atoms with Crippen LogP contribution in [0.1, 0.15) is 23.6 Å². The summed E-state index contributed by atoms with van der Waals surface area (Å²) in [6.07, 6.45) is -3.45. The lowest BCUT2D eigenvalue weighted by atomic mass is 10.1. The van der Waals surface area contributed by atoms with Crippen LogP contribution in [0, 0.1) is 0 Å². The van der Waals surface area contributed by atoms with Gasteiger partial charge in [-0.2, -0.15) is 13.2 Å². The lowest BCUT2D eigenvalue weighted by molar-refractivity contribution is -0.137. The van der Waals surface area contributed by atoms with Crippen molar-refractivity contribution < 1.29 is 17.9 Å². The van der Waals surface area contributed by atoms with E-state index < -0.39 is 11.7 Å². The van der Waals surface area contributed by atoms with Gasteiger partial charge in [0.05, 0.1) is 5.56 Å². The molecule has 0 fully saturated rings. The average Bonchev–Trinajstić information content (AvgIpc) is 2.45. The van der Waals surface area contributed by atoms with E-state index in [1.54, 1.807) is 0 Å². The molecule has 0 saturated carbocycles. The Balaban J connectivity index is 2.04. The molecule has 4 heteroatoms. The fourth-order valence-corrected chi connectivity index (χ4v) is 1.89. The molecule has 0 aromatic heterocycles. The molecule has 2 rings (SSSR count). The summed E-state index contributed by atoms with van der Waals surface area (Å²) in [6, 6.07) is 12.7. The van der Waals surface area contributed by atoms with E-state index in [1.807, 2.05) is 31.2 Å². The summed E-state index contributed by atoms with van der Waals surface area (Å²) in [5.74, 6) is 0.773. The maximum atomic E-state index is 12.4. The van der Waals surface area contributed by atoms with Crippen molar-refractivity contribution in [1.29, 1.82) is 0 Å². The van der Waals surface area contributed by atoms with Crippen molar-refractivity contribution in [3.8, 4) is 5.75 Å². The fraction of sp³-hybridized carbons (Fsp3) is 0.250. The molecule has 106 valence electrons. The van der Waals surface area contributed by atoms with Gasteiger partial charge in [0.2, 0.25) is 0 Å². The van der Waals surface area contributed by atoms with Crippen molar-refractivity contribution in [3.63, 3.8) is 0 Å². The standard InChI is InChI=1S/C16H15F3O/c1-2-13-5-3-4-6-15(13)20-11-12-7-9-14(10-8-12)16(17,18)19/h3-10H,2,11H2,1H3. The molecule has 0 unspecified atom stereocenters. The van der Waals surface area contributed by atoms with Crippen LogP contribution in [0.4, 0.5) is 13.2 Å². The first-order valence-electron chi connectivity index (χ1n) is 6.37. The zero-order chi connectivity index (χ0) is 14.6.